The number of hydrogen-bond acceptors (Lipinski definition) is 1. The number of nitrogens with one attached hydrogen (secondary N) is 1. The number of aryl methyl sites for hydroxylation is 2. The maximum atomic E-state index is 4.14. The van der Waals surface area contributed by atoms with E-state index in [9.17, 15) is 0 Å². The van der Waals surface area contributed by atoms with E-state index in [2.05, 4.69) is 72.3 Å². The smallest absolute Gasteiger partial charge is 0.0921 e. The molecule has 3 aromatic rings. The summed E-state index contributed by atoms with van der Waals surface area (Å²) in [6.45, 7) is 4.34. The number of imidazole rings is 1. The van der Waals surface area contributed by atoms with Crippen molar-refractivity contribution in [2.45, 2.75) is 26.2 Å². The van der Waals surface area contributed by atoms with E-state index >= 15 is 0 Å². The Bertz CT molecular complexity index is 700. The molecule has 0 aliphatic heterocycles. The molecule has 0 saturated heterocycles. The van der Waals surface area contributed by atoms with Crippen LogP contribution in [0.2, 0.25) is 0 Å². The standard InChI is InChI=1S/C19H20N2/c1-14-8-9-17(10-15(14)2)19(11-18-12-20-13-21-18)16-6-4-3-5-7-16/h3-10,12-13,19H,11H2,1-2H3,(H,20,21). The van der Waals surface area contributed by atoms with Gasteiger partial charge in [0.05, 0.1) is 6.33 Å². The Hall–Kier alpha value is -2.35. The molecule has 1 N–H and O–H groups in total. The van der Waals surface area contributed by atoms with E-state index in [4.69, 9.17) is 0 Å². The first kappa shape index (κ1) is 13.6. The number of aromatic nitrogens is 2. The number of H-pyrrole nitrogens is 1. The van der Waals surface area contributed by atoms with Crippen molar-refractivity contribution in [1.82, 2.24) is 9.97 Å². The first-order valence-electron chi connectivity index (χ1n) is 7.33. The zero-order chi connectivity index (χ0) is 14.7. The molecular formula is C19H20N2. The van der Waals surface area contributed by atoms with Gasteiger partial charge in [-0.25, -0.2) is 4.98 Å². The lowest BCUT2D eigenvalue weighted by atomic mass is 9.86. The monoisotopic (exact) mass is 276 g/mol. The van der Waals surface area contributed by atoms with E-state index in [0.29, 0.717) is 5.92 Å². The summed E-state index contributed by atoms with van der Waals surface area (Å²) in [5.41, 5.74) is 6.56. The van der Waals surface area contributed by atoms with E-state index in [1.807, 2.05) is 6.20 Å². The van der Waals surface area contributed by atoms with Crippen molar-refractivity contribution in [3.05, 3.63) is 89.0 Å². The van der Waals surface area contributed by atoms with E-state index in [0.717, 1.165) is 6.42 Å². The molecule has 3 rings (SSSR count). The van der Waals surface area contributed by atoms with Gasteiger partial charge in [0.2, 0.25) is 0 Å². The third-order valence-electron chi connectivity index (χ3n) is 4.11. The lowest BCUT2D eigenvalue weighted by Crippen LogP contribution is -2.06. The lowest BCUT2D eigenvalue weighted by Gasteiger charge is -2.18. The molecule has 0 radical (unpaired) electrons. The van der Waals surface area contributed by atoms with Crippen LogP contribution in [-0.4, -0.2) is 9.97 Å². The summed E-state index contributed by atoms with van der Waals surface area (Å²) in [7, 11) is 0. The van der Waals surface area contributed by atoms with Gasteiger partial charge in [-0.15, -0.1) is 0 Å². The van der Waals surface area contributed by atoms with Crippen molar-refractivity contribution >= 4 is 0 Å². The summed E-state index contributed by atoms with van der Waals surface area (Å²) < 4.78 is 0. The van der Waals surface area contributed by atoms with Crippen LogP contribution in [-0.2, 0) is 6.42 Å². The molecule has 0 amide bonds. The molecule has 0 aliphatic rings. The van der Waals surface area contributed by atoms with E-state index in [-0.39, 0.29) is 0 Å². The van der Waals surface area contributed by atoms with Crippen LogP contribution in [0.4, 0.5) is 0 Å². The van der Waals surface area contributed by atoms with Gasteiger partial charge >= 0.3 is 0 Å². The number of nitrogens with zero attached hydrogens (tertiary/aromatic N) is 1. The van der Waals surface area contributed by atoms with Gasteiger partial charge < -0.3 is 4.98 Å². The van der Waals surface area contributed by atoms with Crippen LogP contribution < -0.4 is 0 Å². The van der Waals surface area contributed by atoms with Crippen molar-refractivity contribution in [2.75, 3.05) is 0 Å². The summed E-state index contributed by atoms with van der Waals surface area (Å²) in [4.78, 5) is 7.36. The quantitative estimate of drug-likeness (QED) is 0.751. The summed E-state index contributed by atoms with van der Waals surface area (Å²) in [6, 6.07) is 17.5. The normalized spacial score (nSPS) is 12.3. The highest BCUT2D eigenvalue weighted by atomic mass is 14.9. The largest absolute Gasteiger partial charge is 0.348 e. The second-order valence-corrected chi connectivity index (χ2v) is 5.59. The molecule has 1 aromatic heterocycles. The molecule has 106 valence electrons. The van der Waals surface area contributed by atoms with Crippen LogP contribution in [0.3, 0.4) is 0 Å². The average molecular weight is 276 g/mol. The molecule has 0 spiro atoms. The Morgan fingerprint density at radius 1 is 0.952 bits per heavy atom. The summed E-state index contributed by atoms with van der Waals surface area (Å²) in [5, 5.41) is 0. The van der Waals surface area contributed by atoms with Gasteiger partial charge in [-0.05, 0) is 42.5 Å². The molecular weight excluding hydrogens is 256 g/mol. The first-order chi connectivity index (χ1) is 10.2. The van der Waals surface area contributed by atoms with Crippen LogP contribution >= 0.6 is 0 Å². The third kappa shape index (κ3) is 3.05. The number of benzene rings is 2. The van der Waals surface area contributed by atoms with Gasteiger partial charge in [0.1, 0.15) is 0 Å². The van der Waals surface area contributed by atoms with Crippen LogP contribution in [0, 0.1) is 13.8 Å². The van der Waals surface area contributed by atoms with Crippen molar-refractivity contribution in [3.63, 3.8) is 0 Å². The van der Waals surface area contributed by atoms with Crippen molar-refractivity contribution in [3.8, 4) is 0 Å². The molecule has 2 aromatic carbocycles. The SMILES string of the molecule is Cc1ccc(C(Cc2cnc[nH]2)c2ccccc2)cc1C. The highest BCUT2D eigenvalue weighted by Crippen LogP contribution is 2.29. The molecule has 2 heteroatoms. The number of aromatic amines is 1. The summed E-state index contributed by atoms with van der Waals surface area (Å²) in [6.07, 6.45) is 4.60. The molecule has 0 fully saturated rings. The van der Waals surface area contributed by atoms with Crippen LogP contribution in [0.15, 0.2) is 61.1 Å². The Kier molecular flexibility index (Phi) is 3.87. The van der Waals surface area contributed by atoms with Crippen LogP contribution in [0.25, 0.3) is 0 Å². The van der Waals surface area contributed by atoms with Gasteiger partial charge in [0.15, 0.2) is 0 Å². The van der Waals surface area contributed by atoms with Gasteiger partial charge in [-0.3, -0.25) is 0 Å². The second kappa shape index (κ2) is 5.96. The maximum absolute atomic E-state index is 4.14. The van der Waals surface area contributed by atoms with E-state index < -0.39 is 0 Å². The van der Waals surface area contributed by atoms with Gasteiger partial charge in [-0.2, -0.15) is 0 Å². The fraction of sp³-hybridized carbons (Fsp3) is 0.211. The van der Waals surface area contributed by atoms with Gasteiger partial charge in [-0.1, -0.05) is 48.5 Å². The maximum Gasteiger partial charge on any atom is 0.0921 e. The van der Waals surface area contributed by atoms with Crippen molar-refractivity contribution in [1.29, 1.82) is 0 Å². The highest BCUT2D eigenvalue weighted by Gasteiger charge is 2.16. The molecule has 2 nitrogen and oxygen atoms in total. The molecule has 21 heavy (non-hydrogen) atoms. The predicted octanol–water partition coefficient (Wildman–Crippen LogP) is 4.40. The minimum atomic E-state index is 0.353. The van der Waals surface area contributed by atoms with Crippen LogP contribution in [0.1, 0.15) is 33.9 Å². The highest BCUT2D eigenvalue weighted by molar-refractivity contribution is 5.38. The minimum Gasteiger partial charge on any atom is -0.348 e. The zero-order valence-corrected chi connectivity index (χ0v) is 12.5. The molecule has 1 atom stereocenters. The molecule has 0 saturated carbocycles. The third-order valence-corrected chi connectivity index (χ3v) is 4.11. The Labute approximate surface area is 125 Å². The van der Waals surface area contributed by atoms with E-state index in [1.54, 1.807) is 6.33 Å². The molecule has 1 unspecified atom stereocenters. The Balaban J connectivity index is 2.00. The van der Waals surface area contributed by atoms with Gasteiger partial charge in [0.25, 0.3) is 0 Å². The van der Waals surface area contributed by atoms with Gasteiger partial charge in [0, 0.05) is 17.8 Å². The Morgan fingerprint density at radius 2 is 1.76 bits per heavy atom. The minimum absolute atomic E-state index is 0.353. The number of hydrogen-bond donors (Lipinski definition) is 1. The molecule has 0 bridgehead atoms. The predicted molar refractivity (Wildman–Crippen MR) is 86.5 cm³/mol. The zero-order valence-electron chi connectivity index (χ0n) is 12.5. The summed E-state index contributed by atoms with van der Waals surface area (Å²) in [5.74, 6) is 0.353. The molecule has 0 aliphatic carbocycles. The fourth-order valence-corrected chi connectivity index (χ4v) is 2.71. The first-order valence-corrected chi connectivity index (χ1v) is 7.33. The summed E-state index contributed by atoms with van der Waals surface area (Å²) >= 11 is 0. The topological polar surface area (TPSA) is 28.7 Å². The average Bonchev–Trinajstić information content (AvgIpc) is 3.02. The van der Waals surface area contributed by atoms with Crippen LogP contribution in [0.5, 0.6) is 0 Å². The van der Waals surface area contributed by atoms with Crippen molar-refractivity contribution in [2.24, 2.45) is 0 Å². The number of rotatable bonds is 4. The van der Waals surface area contributed by atoms with Crippen molar-refractivity contribution < 1.29 is 0 Å². The fourth-order valence-electron chi connectivity index (χ4n) is 2.71. The Morgan fingerprint density at radius 3 is 2.43 bits per heavy atom. The molecule has 1 heterocycles. The lowest BCUT2D eigenvalue weighted by molar-refractivity contribution is 0.786. The second-order valence-electron chi connectivity index (χ2n) is 5.59. The van der Waals surface area contributed by atoms with E-state index in [1.165, 1.54) is 27.9 Å².